The molecule has 1 N–H and O–H groups in total. The van der Waals surface area contributed by atoms with E-state index < -0.39 is 11.8 Å². The molecule has 3 atom stereocenters. The Morgan fingerprint density at radius 2 is 1.76 bits per heavy atom. The monoisotopic (exact) mass is 464 g/mol. The number of rotatable bonds is 7. The Morgan fingerprint density at radius 3 is 2.35 bits per heavy atom. The molecule has 3 aliphatic rings. The van der Waals surface area contributed by atoms with Crippen LogP contribution in [0, 0.1) is 11.7 Å². The lowest BCUT2D eigenvalue weighted by atomic mass is 9.67. The molecule has 1 heterocycles. The van der Waals surface area contributed by atoms with E-state index in [1.54, 1.807) is 11.0 Å². The molecule has 2 saturated carbocycles. The van der Waals surface area contributed by atoms with Crippen LogP contribution in [0.15, 0.2) is 42.5 Å². The van der Waals surface area contributed by atoms with E-state index in [4.69, 9.17) is 5.11 Å². The zero-order valence-corrected chi connectivity index (χ0v) is 19.2. The van der Waals surface area contributed by atoms with Crippen LogP contribution in [-0.2, 0) is 16.0 Å². The molecule has 0 spiro atoms. The molecule has 0 saturated heterocycles. The van der Waals surface area contributed by atoms with Gasteiger partial charge in [-0.05, 0) is 67.5 Å². The van der Waals surface area contributed by atoms with E-state index in [0.717, 1.165) is 43.2 Å². The summed E-state index contributed by atoms with van der Waals surface area (Å²) in [6.07, 6.45) is 4.04. The Kier molecular flexibility index (Phi) is 5.88. The van der Waals surface area contributed by atoms with Crippen molar-refractivity contribution in [1.29, 1.82) is 0 Å². The van der Waals surface area contributed by atoms with Crippen LogP contribution >= 0.6 is 0 Å². The average molecular weight is 465 g/mol. The first-order valence-corrected chi connectivity index (χ1v) is 12.1. The highest BCUT2D eigenvalue weighted by Crippen LogP contribution is 2.54. The van der Waals surface area contributed by atoms with Crippen molar-refractivity contribution in [3.05, 3.63) is 65.0 Å². The van der Waals surface area contributed by atoms with Gasteiger partial charge in [-0.1, -0.05) is 25.1 Å². The van der Waals surface area contributed by atoms with Crippen LogP contribution < -0.4 is 4.90 Å². The van der Waals surface area contributed by atoms with Crippen molar-refractivity contribution >= 4 is 23.5 Å². The van der Waals surface area contributed by atoms with Gasteiger partial charge in [-0.15, -0.1) is 0 Å². The van der Waals surface area contributed by atoms with Gasteiger partial charge in [0.1, 0.15) is 5.82 Å². The van der Waals surface area contributed by atoms with Gasteiger partial charge in [0, 0.05) is 30.0 Å². The largest absolute Gasteiger partial charge is 0.481 e. The Morgan fingerprint density at radius 1 is 1.03 bits per heavy atom. The van der Waals surface area contributed by atoms with Gasteiger partial charge >= 0.3 is 5.97 Å². The molecule has 2 aliphatic carbocycles. The minimum absolute atomic E-state index is 0.0474. The quantitative estimate of drug-likeness (QED) is 0.643. The number of carbonyl (C=O) groups excluding carboxylic acids is 2. The minimum Gasteiger partial charge on any atom is -0.481 e. The molecule has 34 heavy (non-hydrogen) atoms. The zero-order valence-electron chi connectivity index (χ0n) is 19.2. The van der Waals surface area contributed by atoms with Crippen LogP contribution in [0.1, 0.15) is 73.0 Å². The molecule has 2 aromatic rings. The minimum atomic E-state index is -0.998. The summed E-state index contributed by atoms with van der Waals surface area (Å²) in [6.45, 7) is 2.06. The molecule has 5 rings (SSSR count). The molecule has 0 bridgehead atoms. The number of halogens is 1. The first kappa shape index (κ1) is 22.6. The molecule has 7 heteroatoms. The maximum atomic E-state index is 14.5. The third kappa shape index (κ3) is 3.97. The highest BCUT2D eigenvalue weighted by molar-refractivity contribution is 6.07. The topological polar surface area (TPSA) is 77.9 Å². The first-order valence-electron chi connectivity index (χ1n) is 12.1. The van der Waals surface area contributed by atoms with Crippen molar-refractivity contribution in [1.82, 2.24) is 4.90 Å². The van der Waals surface area contributed by atoms with Crippen molar-refractivity contribution in [2.45, 2.75) is 70.0 Å². The molecular weight excluding hydrogens is 435 g/mol. The second-order valence-corrected chi connectivity index (χ2v) is 9.61. The second kappa shape index (κ2) is 8.85. The lowest BCUT2D eigenvalue weighted by molar-refractivity contribution is -0.143. The van der Waals surface area contributed by atoms with Crippen LogP contribution in [0.4, 0.5) is 10.1 Å². The van der Waals surface area contributed by atoms with Crippen LogP contribution in [0.5, 0.6) is 0 Å². The number of carboxylic acid groups (broad SMARTS) is 1. The number of carboxylic acids is 1. The number of aliphatic carboxylic acids is 1. The number of fused-ring (bicyclic) bond motifs is 2. The second-order valence-electron chi connectivity index (χ2n) is 9.61. The molecule has 2 amide bonds. The van der Waals surface area contributed by atoms with Crippen LogP contribution in [-0.4, -0.2) is 39.9 Å². The average Bonchev–Trinajstić information content (AvgIpc) is 3.64. The van der Waals surface area contributed by atoms with Crippen LogP contribution in [0.2, 0.25) is 0 Å². The van der Waals surface area contributed by atoms with E-state index in [9.17, 15) is 18.8 Å². The number of benzene rings is 2. The standard InChI is InChI=1S/C27H29FN2O4/c1-2-16-3-5-17(6-4-16)27(34)30-22-12-11-20(22)26(21-10-7-18(28)15-23(21)30)29(19-8-9-19)24(31)13-14-25(32)33/h3-7,10,15,19-20,22,26H,2,8-9,11-14H2,1H3,(H,32,33). The molecule has 3 unspecified atom stereocenters. The van der Waals surface area contributed by atoms with Crippen molar-refractivity contribution in [2.24, 2.45) is 5.92 Å². The number of hydrogen-bond acceptors (Lipinski definition) is 3. The summed E-state index contributed by atoms with van der Waals surface area (Å²) < 4.78 is 14.5. The summed E-state index contributed by atoms with van der Waals surface area (Å²) in [5.74, 6) is -1.71. The van der Waals surface area contributed by atoms with Crippen molar-refractivity contribution in [3.8, 4) is 0 Å². The molecule has 178 valence electrons. The lowest BCUT2D eigenvalue weighted by Crippen LogP contribution is -2.59. The fourth-order valence-electron chi connectivity index (χ4n) is 5.50. The maximum absolute atomic E-state index is 14.5. The van der Waals surface area contributed by atoms with Gasteiger partial charge in [0.05, 0.1) is 18.2 Å². The smallest absolute Gasteiger partial charge is 0.303 e. The lowest BCUT2D eigenvalue weighted by Gasteiger charge is -2.55. The van der Waals surface area contributed by atoms with Gasteiger partial charge in [-0.25, -0.2) is 4.39 Å². The van der Waals surface area contributed by atoms with E-state index in [2.05, 4.69) is 6.92 Å². The summed E-state index contributed by atoms with van der Waals surface area (Å²) in [5.41, 5.74) is 3.00. The highest BCUT2D eigenvalue weighted by atomic mass is 19.1. The number of aryl methyl sites for hydroxylation is 1. The Hall–Kier alpha value is -3.22. The predicted molar refractivity (Wildman–Crippen MR) is 125 cm³/mol. The first-order chi connectivity index (χ1) is 16.4. The summed E-state index contributed by atoms with van der Waals surface area (Å²) in [4.78, 5) is 41.5. The Labute approximate surface area is 198 Å². The highest BCUT2D eigenvalue weighted by Gasteiger charge is 2.53. The summed E-state index contributed by atoms with van der Waals surface area (Å²) >= 11 is 0. The van der Waals surface area contributed by atoms with Gasteiger partial charge < -0.3 is 14.9 Å². The summed E-state index contributed by atoms with van der Waals surface area (Å²) in [7, 11) is 0. The molecule has 2 aromatic carbocycles. The third-order valence-electron chi connectivity index (χ3n) is 7.51. The van der Waals surface area contributed by atoms with Gasteiger partial charge in [-0.2, -0.15) is 0 Å². The van der Waals surface area contributed by atoms with Gasteiger partial charge in [-0.3, -0.25) is 14.4 Å². The SMILES string of the molecule is CCc1ccc(C(=O)N2c3cc(F)ccc3C(N(C(=O)CCC(=O)O)C3CC3)C3CCC32)cc1. The van der Waals surface area contributed by atoms with Gasteiger partial charge in [0.2, 0.25) is 5.91 Å². The Balaban J connectivity index is 1.54. The van der Waals surface area contributed by atoms with Crippen molar-refractivity contribution < 1.29 is 23.9 Å². The van der Waals surface area contributed by atoms with E-state index in [1.807, 2.05) is 29.2 Å². The molecule has 0 radical (unpaired) electrons. The zero-order chi connectivity index (χ0) is 24.0. The van der Waals surface area contributed by atoms with E-state index in [0.29, 0.717) is 11.3 Å². The Bertz CT molecular complexity index is 1130. The summed E-state index contributed by atoms with van der Waals surface area (Å²) in [6, 6.07) is 11.7. The number of carbonyl (C=O) groups is 3. The molecular formula is C27H29FN2O4. The predicted octanol–water partition coefficient (Wildman–Crippen LogP) is 4.72. The fraction of sp³-hybridized carbons (Fsp3) is 0.444. The van der Waals surface area contributed by atoms with Crippen molar-refractivity contribution in [3.63, 3.8) is 0 Å². The molecule has 2 fully saturated rings. The number of hydrogen-bond donors (Lipinski definition) is 1. The normalized spacial score (nSPS) is 22.9. The van der Waals surface area contributed by atoms with Crippen LogP contribution in [0.25, 0.3) is 0 Å². The van der Waals surface area contributed by atoms with Gasteiger partial charge in [0.25, 0.3) is 5.91 Å². The summed E-state index contributed by atoms with van der Waals surface area (Å²) in [5, 5.41) is 9.08. The van der Waals surface area contributed by atoms with Gasteiger partial charge in [0.15, 0.2) is 0 Å². The number of anilines is 1. The molecule has 0 aromatic heterocycles. The van der Waals surface area contributed by atoms with E-state index in [-0.39, 0.29) is 48.7 Å². The van der Waals surface area contributed by atoms with E-state index in [1.165, 1.54) is 12.1 Å². The third-order valence-corrected chi connectivity index (χ3v) is 7.51. The van der Waals surface area contributed by atoms with E-state index >= 15 is 0 Å². The molecule has 1 aliphatic heterocycles. The van der Waals surface area contributed by atoms with Crippen molar-refractivity contribution in [2.75, 3.05) is 4.90 Å². The maximum Gasteiger partial charge on any atom is 0.303 e. The number of nitrogens with zero attached hydrogens (tertiary/aromatic N) is 2. The van der Waals surface area contributed by atoms with Crippen LogP contribution in [0.3, 0.4) is 0 Å². The number of amides is 2. The molecule has 6 nitrogen and oxygen atoms in total. The fourth-order valence-corrected chi connectivity index (χ4v) is 5.50.